The number of amidine groups is 1. The van der Waals surface area contributed by atoms with Crippen LogP contribution in [0.4, 0.5) is 0 Å². The maximum Gasteiger partial charge on any atom is 0.279 e. The average Bonchev–Trinajstić information content (AvgIpc) is 2.83. The summed E-state index contributed by atoms with van der Waals surface area (Å²) in [5.41, 5.74) is 6.09. The normalized spacial score (nSPS) is 15.6. The molecule has 0 radical (unpaired) electrons. The number of aliphatic imine (C=N–C) groups is 1. The van der Waals surface area contributed by atoms with Crippen molar-refractivity contribution in [3.63, 3.8) is 0 Å². The number of hydrogen-bond donors (Lipinski definition) is 3. The Kier molecular flexibility index (Phi) is 9.61. The van der Waals surface area contributed by atoms with Gasteiger partial charge in [0, 0.05) is 45.0 Å². The lowest BCUT2D eigenvalue weighted by atomic mass is 10.2. The summed E-state index contributed by atoms with van der Waals surface area (Å²) in [6.07, 6.45) is 9.32. The number of likely N-dealkylation sites (tertiary alicyclic amines) is 1. The number of phenolic OH excluding ortho intramolecular Hbond substituents is 1. The summed E-state index contributed by atoms with van der Waals surface area (Å²) in [6.45, 7) is 3.49. The SMILES string of the molecule is C1CCOCC1.CN/C=C\C(N)=NC(=O)c1cc(O)cc(Oc2ccc(C(=O)N3CCC3)nc2)c1. The minimum Gasteiger partial charge on any atom is -0.508 e. The molecule has 2 saturated heterocycles. The molecule has 2 aliphatic heterocycles. The highest BCUT2D eigenvalue weighted by Gasteiger charge is 2.22. The van der Waals surface area contributed by atoms with Crippen LogP contribution in [0.3, 0.4) is 0 Å². The fourth-order valence-electron chi connectivity index (χ4n) is 3.23. The zero-order chi connectivity index (χ0) is 25.0. The van der Waals surface area contributed by atoms with Crippen molar-refractivity contribution in [1.82, 2.24) is 15.2 Å². The molecule has 35 heavy (non-hydrogen) atoms. The third kappa shape index (κ3) is 8.11. The first-order valence-corrected chi connectivity index (χ1v) is 11.5. The molecule has 4 N–H and O–H groups in total. The van der Waals surface area contributed by atoms with Crippen LogP contribution in [0, 0.1) is 0 Å². The molecule has 1 aromatic carbocycles. The van der Waals surface area contributed by atoms with E-state index in [1.54, 1.807) is 24.1 Å². The highest BCUT2D eigenvalue weighted by atomic mass is 16.5. The minimum atomic E-state index is -0.627. The molecule has 2 aliphatic rings. The van der Waals surface area contributed by atoms with Crippen LogP contribution in [0.25, 0.3) is 0 Å². The number of amides is 2. The molecule has 3 heterocycles. The second-order valence-electron chi connectivity index (χ2n) is 7.98. The quantitative estimate of drug-likeness (QED) is 0.423. The summed E-state index contributed by atoms with van der Waals surface area (Å²) in [5.74, 6) is -0.316. The van der Waals surface area contributed by atoms with Crippen molar-refractivity contribution in [3.8, 4) is 17.2 Å². The Morgan fingerprint density at radius 2 is 1.91 bits per heavy atom. The van der Waals surface area contributed by atoms with E-state index in [9.17, 15) is 14.7 Å². The fourth-order valence-corrected chi connectivity index (χ4v) is 3.23. The molecule has 0 bridgehead atoms. The summed E-state index contributed by atoms with van der Waals surface area (Å²) in [7, 11) is 1.69. The monoisotopic (exact) mass is 481 g/mol. The van der Waals surface area contributed by atoms with Crippen LogP contribution in [0.15, 0.2) is 53.8 Å². The molecule has 0 atom stereocenters. The first-order valence-electron chi connectivity index (χ1n) is 11.5. The predicted molar refractivity (Wildman–Crippen MR) is 132 cm³/mol. The Labute approximate surface area is 204 Å². The van der Waals surface area contributed by atoms with Crippen LogP contribution in [0.5, 0.6) is 17.2 Å². The number of pyridine rings is 1. The number of carbonyl (C=O) groups excluding carboxylic acids is 2. The molecular formula is C25H31N5O5. The number of rotatable bonds is 6. The Balaban J connectivity index is 0.000000497. The lowest BCUT2D eigenvalue weighted by Crippen LogP contribution is -2.42. The van der Waals surface area contributed by atoms with Gasteiger partial charge < -0.3 is 30.5 Å². The number of nitrogens with two attached hydrogens (primary N) is 1. The number of carbonyl (C=O) groups is 2. The van der Waals surface area contributed by atoms with Gasteiger partial charge in [0.2, 0.25) is 0 Å². The zero-order valence-electron chi connectivity index (χ0n) is 19.8. The lowest BCUT2D eigenvalue weighted by Gasteiger charge is -2.30. The molecule has 4 rings (SSSR count). The van der Waals surface area contributed by atoms with Crippen molar-refractivity contribution in [1.29, 1.82) is 0 Å². The Bertz CT molecular complexity index is 1050. The molecule has 0 spiro atoms. The van der Waals surface area contributed by atoms with Crippen LogP contribution in [0.2, 0.25) is 0 Å². The second-order valence-corrected chi connectivity index (χ2v) is 7.98. The topological polar surface area (TPSA) is 139 Å². The van der Waals surface area contributed by atoms with E-state index < -0.39 is 5.91 Å². The van der Waals surface area contributed by atoms with Crippen molar-refractivity contribution < 1.29 is 24.2 Å². The van der Waals surface area contributed by atoms with Crippen molar-refractivity contribution in [2.24, 2.45) is 10.7 Å². The van der Waals surface area contributed by atoms with Crippen LogP contribution in [0.1, 0.15) is 46.5 Å². The minimum absolute atomic E-state index is 0.0156. The molecule has 2 fully saturated rings. The summed E-state index contributed by atoms with van der Waals surface area (Å²) in [4.78, 5) is 34.0. The first kappa shape index (κ1) is 25.7. The number of ether oxygens (including phenoxy) is 2. The molecule has 0 aliphatic carbocycles. The average molecular weight is 482 g/mol. The summed E-state index contributed by atoms with van der Waals surface area (Å²) in [5, 5.41) is 12.6. The molecule has 2 aromatic rings. The van der Waals surface area contributed by atoms with Gasteiger partial charge in [0.1, 0.15) is 28.8 Å². The van der Waals surface area contributed by atoms with Crippen molar-refractivity contribution >= 4 is 17.6 Å². The molecule has 2 amide bonds. The Hall–Kier alpha value is -3.92. The van der Waals surface area contributed by atoms with Gasteiger partial charge in [-0.05, 0) is 62.2 Å². The first-order chi connectivity index (χ1) is 17.0. The zero-order valence-corrected chi connectivity index (χ0v) is 19.8. The van der Waals surface area contributed by atoms with E-state index in [-0.39, 0.29) is 28.8 Å². The third-order valence-electron chi connectivity index (χ3n) is 5.20. The van der Waals surface area contributed by atoms with Gasteiger partial charge in [0.25, 0.3) is 11.8 Å². The van der Waals surface area contributed by atoms with E-state index in [0.29, 0.717) is 11.4 Å². The summed E-state index contributed by atoms with van der Waals surface area (Å²) >= 11 is 0. The number of hydrogen-bond acceptors (Lipinski definition) is 7. The smallest absolute Gasteiger partial charge is 0.279 e. The second kappa shape index (κ2) is 13.1. The summed E-state index contributed by atoms with van der Waals surface area (Å²) < 4.78 is 10.7. The number of phenols is 1. The summed E-state index contributed by atoms with van der Waals surface area (Å²) in [6, 6.07) is 7.22. The van der Waals surface area contributed by atoms with E-state index in [4.69, 9.17) is 15.2 Å². The molecule has 10 heteroatoms. The van der Waals surface area contributed by atoms with Crippen LogP contribution in [-0.2, 0) is 4.74 Å². The highest BCUT2D eigenvalue weighted by molar-refractivity contribution is 6.06. The van der Waals surface area contributed by atoms with E-state index in [2.05, 4.69) is 15.3 Å². The van der Waals surface area contributed by atoms with Crippen LogP contribution >= 0.6 is 0 Å². The number of aromatic hydroxyl groups is 1. The van der Waals surface area contributed by atoms with Crippen molar-refractivity contribution in [3.05, 3.63) is 60.1 Å². The molecule has 0 saturated carbocycles. The predicted octanol–water partition coefficient (Wildman–Crippen LogP) is 2.84. The van der Waals surface area contributed by atoms with Crippen molar-refractivity contribution in [2.75, 3.05) is 33.4 Å². The number of aromatic nitrogens is 1. The molecule has 0 unspecified atom stereocenters. The van der Waals surface area contributed by atoms with Gasteiger partial charge in [-0.1, -0.05) is 0 Å². The standard InChI is InChI=1S/C20H21N5O4.C5H10O/c1-22-6-5-18(21)24-19(27)13-9-14(26)11-16(10-13)29-15-3-4-17(23-12-15)20(28)25-7-2-8-25;1-2-4-6-5-3-1/h3-6,9-12,22,26H,2,7-8H2,1H3,(H2,21,24,27);1-5H2/b6-5-;. The van der Waals surface area contributed by atoms with Gasteiger partial charge >= 0.3 is 0 Å². The maximum atomic E-state index is 12.2. The van der Waals surface area contributed by atoms with E-state index >= 15 is 0 Å². The van der Waals surface area contributed by atoms with Crippen molar-refractivity contribution in [2.45, 2.75) is 25.7 Å². The van der Waals surface area contributed by atoms with Crippen LogP contribution in [-0.4, -0.2) is 66.0 Å². The van der Waals surface area contributed by atoms with E-state index in [0.717, 1.165) is 32.7 Å². The Morgan fingerprint density at radius 1 is 1.14 bits per heavy atom. The van der Waals surface area contributed by atoms with Gasteiger partial charge in [0.15, 0.2) is 0 Å². The number of benzene rings is 1. The van der Waals surface area contributed by atoms with Gasteiger partial charge in [-0.25, -0.2) is 4.98 Å². The highest BCUT2D eigenvalue weighted by Crippen LogP contribution is 2.27. The molecular weight excluding hydrogens is 450 g/mol. The van der Waals surface area contributed by atoms with E-state index in [1.165, 1.54) is 55.9 Å². The van der Waals surface area contributed by atoms with Crippen LogP contribution < -0.4 is 15.8 Å². The van der Waals surface area contributed by atoms with E-state index in [1.807, 2.05) is 0 Å². The van der Waals surface area contributed by atoms with Gasteiger partial charge in [-0.3, -0.25) is 9.59 Å². The Morgan fingerprint density at radius 3 is 2.46 bits per heavy atom. The fraction of sp³-hybridized carbons (Fsp3) is 0.360. The van der Waals surface area contributed by atoms with Gasteiger partial charge in [0.05, 0.1) is 6.20 Å². The lowest BCUT2D eigenvalue weighted by molar-refractivity contribution is 0.0645. The molecule has 1 aromatic heterocycles. The van der Waals surface area contributed by atoms with Gasteiger partial charge in [-0.15, -0.1) is 0 Å². The number of nitrogens with zero attached hydrogens (tertiary/aromatic N) is 3. The molecule has 10 nitrogen and oxygen atoms in total. The number of nitrogens with one attached hydrogen (secondary N) is 1. The third-order valence-corrected chi connectivity index (χ3v) is 5.20. The largest absolute Gasteiger partial charge is 0.508 e. The maximum absolute atomic E-state index is 12.2. The molecule has 186 valence electrons. The van der Waals surface area contributed by atoms with Gasteiger partial charge in [-0.2, -0.15) is 4.99 Å².